The van der Waals surface area contributed by atoms with Crippen LogP contribution in [0, 0.1) is 5.82 Å². The normalized spacial score (nSPS) is 9.74. The predicted molar refractivity (Wildman–Crippen MR) is 117 cm³/mol. The zero-order valence-corrected chi connectivity index (χ0v) is 18.1. The summed E-state index contributed by atoms with van der Waals surface area (Å²) in [5, 5.41) is 9.14. The fourth-order valence-electron chi connectivity index (χ4n) is 2.61. The molecule has 0 heterocycles. The van der Waals surface area contributed by atoms with Crippen molar-refractivity contribution in [3.8, 4) is 22.6 Å². The molecule has 0 bridgehead atoms. The lowest BCUT2D eigenvalue weighted by Gasteiger charge is -2.08. The number of ether oxygens (including phenoxy) is 1. The number of carboxylic acid groups (broad SMARTS) is 1. The third-order valence-corrected chi connectivity index (χ3v) is 4.04. The molecule has 176 valence electrons. The average Bonchev–Trinajstić information content (AvgIpc) is 2.78. The number of rotatable bonds is 6. The van der Waals surface area contributed by atoms with E-state index in [-0.39, 0.29) is 28.4 Å². The van der Waals surface area contributed by atoms with E-state index in [2.05, 4.69) is 9.78 Å². The number of halogens is 1. The first-order valence-electron chi connectivity index (χ1n) is 9.64. The molecule has 9 nitrogen and oxygen atoms in total. The molecule has 0 spiro atoms. The molecule has 3 N–H and O–H groups in total. The van der Waals surface area contributed by atoms with Gasteiger partial charge in [-0.25, -0.2) is 14.0 Å². The number of hydrogen-bond acceptors (Lipinski definition) is 7. The molecule has 0 atom stereocenters. The molecule has 3 rings (SSSR count). The van der Waals surface area contributed by atoms with Gasteiger partial charge in [0.25, 0.3) is 5.91 Å². The third kappa shape index (κ3) is 7.45. The number of hydrogen-bond donors (Lipinski definition) is 2. The summed E-state index contributed by atoms with van der Waals surface area (Å²) in [5.41, 5.74) is 6.36. The van der Waals surface area contributed by atoms with E-state index in [0.717, 1.165) is 0 Å². The molecular weight excluding hydrogens is 449 g/mol. The Kier molecular flexibility index (Phi) is 8.83. The van der Waals surface area contributed by atoms with Gasteiger partial charge in [-0.2, -0.15) is 0 Å². The summed E-state index contributed by atoms with van der Waals surface area (Å²) >= 11 is 0. The Balaban J connectivity index is 0.000000257. The number of benzene rings is 3. The Morgan fingerprint density at radius 3 is 1.97 bits per heavy atom. The Morgan fingerprint density at radius 2 is 1.41 bits per heavy atom. The molecule has 34 heavy (non-hydrogen) atoms. The van der Waals surface area contributed by atoms with Crippen molar-refractivity contribution in [1.29, 1.82) is 0 Å². The van der Waals surface area contributed by atoms with Gasteiger partial charge in [-0.1, -0.05) is 30.3 Å². The number of aromatic carboxylic acids is 1. The van der Waals surface area contributed by atoms with E-state index in [9.17, 15) is 23.6 Å². The van der Waals surface area contributed by atoms with Gasteiger partial charge in [0.05, 0.1) is 5.56 Å². The number of carboxylic acids is 1. The first-order chi connectivity index (χ1) is 16.1. The molecule has 0 aliphatic rings. The van der Waals surface area contributed by atoms with Crippen molar-refractivity contribution < 1.29 is 43.2 Å². The second-order valence-electron chi connectivity index (χ2n) is 6.64. The zero-order valence-electron chi connectivity index (χ0n) is 18.1. The van der Waals surface area contributed by atoms with Crippen LogP contribution in [0.25, 0.3) is 11.1 Å². The highest BCUT2D eigenvalue weighted by atomic mass is 19.1. The first-order valence-corrected chi connectivity index (χ1v) is 9.64. The molecule has 10 heteroatoms. The molecule has 0 aliphatic heterocycles. The number of primary amides is 1. The monoisotopic (exact) mass is 469 g/mol. The lowest BCUT2D eigenvalue weighted by Crippen LogP contribution is -2.13. The third-order valence-electron chi connectivity index (χ3n) is 4.04. The highest BCUT2D eigenvalue weighted by molar-refractivity contribution is 5.95. The Bertz CT molecular complexity index is 1210. The second kappa shape index (κ2) is 11.8. The van der Waals surface area contributed by atoms with Gasteiger partial charge in [-0.05, 0) is 47.5 Å². The van der Waals surface area contributed by atoms with Crippen molar-refractivity contribution in [3.05, 3.63) is 83.7 Å². The molecule has 0 saturated carbocycles. The molecular formula is C24H20FNO8. The van der Waals surface area contributed by atoms with E-state index in [1.54, 1.807) is 30.3 Å². The van der Waals surface area contributed by atoms with Gasteiger partial charge in [-0.3, -0.25) is 19.4 Å². The summed E-state index contributed by atoms with van der Waals surface area (Å²) in [7, 11) is 0. The minimum Gasteiger partial charge on any atom is -0.478 e. The zero-order chi connectivity index (χ0) is 25.3. The summed E-state index contributed by atoms with van der Waals surface area (Å²) in [6.45, 7) is 2.38. The molecule has 3 aromatic rings. The van der Waals surface area contributed by atoms with Crippen molar-refractivity contribution in [1.82, 2.24) is 0 Å². The molecule has 3 aromatic carbocycles. The summed E-state index contributed by atoms with van der Waals surface area (Å²) in [5.74, 6) is -3.32. The molecule has 0 aliphatic carbocycles. The lowest BCUT2D eigenvalue weighted by atomic mass is 10.0. The van der Waals surface area contributed by atoms with Gasteiger partial charge in [0, 0.05) is 13.8 Å². The van der Waals surface area contributed by atoms with Gasteiger partial charge >= 0.3 is 17.9 Å². The van der Waals surface area contributed by atoms with Gasteiger partial charge in [0.15, 0.2) is 5.75 Å². The van der Waals surface area contributed by atoms with Crippen LogP contribution < -0.4 is 15.4 Å². The van der Waals surface area contributed by atoms with E-state index in [1.165, 1.54) is 50.2 Å². The van der Waals surface area contributed by atoms with Crippen LogP contribution in [0.3, 0.4) is 0 Å². The smallest absolute Gasteiger partial charge is 0.352 e. The van der Waals surface area contributed by atoms with Crippen LogP contribution in [0.2, 0.25) is 0 Å². The van der Waals surface area contributed by atoms with E-state index in [0.29, 0.717) is 11.1 Å². The van der Waals surface area contributed by atoms with Crippen LogP contribution in [-0.4, -0.2) is 28.9 Å². The summed E-state index contributed by atoms with van der Waals surface area (Å²) < 4.78 is 17.7. The number of carbonyl (C=O) groups is 4. The Hall–Kier alpha value is -4.73. The van der Waals surface area contributed by atoms with Crippen molar-refractivity contribution >= 4 is 23.8 Å². The molecule has 0 aromatic heterocycles. The van der Waals surface area contributed by atoms with Crippen LogP contribution in [-0.2, 0) is 14.5 Å². The van der Waals surface area contributed by atoms with Crippen molar-refractivity contribution in [2.24, 2.45) is 5.73 Å². The number of carbonyl (C=O) groups excluding carboxylic acids is 3. The lowest BCUT2D eigenvalue weighted by molar-refractivity contribution is -0.211. The molecule has 1 amide bonds. The highest BCUT2D eigenvalue weighted by Crippen LogP contribution is 2.27. The fraction of sp³-hybridized carbons (Fsp3) is 0.0833. The van der Waals surface area contributed by atoms with Crippen LogP contribution in [0.1, 0.15) is 34.6 Å². The Labute approximate surface area is 193 Å². The van der Waals surface area contributed by atoms with Gasteiger partial charge < -0.3 is 15.6 Å². The number of nitrogens with two attached hydrogens (primary N) is 1. The topological polar surface area (TPSA) is 142 Å². The quantitative estimate of drug-likeness (QED) is 0.240. The van der Waals surface area contributed by atoms with Crippen LogP contribution in [0.4, 0.5) is 4.39 Å². The summed E-state index contributed by atoms with van der Waals surface area (Å²) in [6.07, 6.45) is 0. The number of esters is 1. The largest absolute Gasteiger partial charge is 0.478 e. The average molecular weight is 469 g/mol. The maximum Gasteiger partial charge on any atom is 0.352 e. The minimum atomic E-state index is -1.20. The van der Waals surface area contributed by atoms with Gasteiger partial charge in [0.2, 0.25) is 0 Å². The molecule has 0 unspecified atom stereocenters. The number of amides is 1. The first kappa shape index (κ1) is 25.5. The van der Waals surface area contributed by atoms with Gasteiger partial charge in [0.1, 0.15) is 17.1 Å². The number of para-hydroxylation sites is 1. The second-order valence-corrected chi connectivity index (χ2v) is 6.64. The standard InChI is InChI=1S/C15H11FO4.C9H9NO4/c1-9(17)20-14-7-4-11(8-13(14)15(18)19)10-2-5-12(16)6-3-10;1-6(11)13-14-8-5-3-2-4-7(8)9(10)12/h2-8H,1H3,(H,18,19);2-5H,1H3,(H2,10,12). The maximum atomic E-state index is 12.9. The van der Waals surface area contributed by atoms with E-state index >= 15 is 0 Å². The highest BCUT2D eigenvalue weighted by Gasteiger charge is 2.14. The molecule has 0 fully saturated rings. The van der Waals surface area contributed by atoms with Crippen molar-refractivity contribution in [3.63, 3.8) is 0 Å². The fourth-order valence-corrected chi connectivity index (χ4v) is 2.61. The summed E-state index contributed by atoms with van der Waals surface area (Å²) in [4.78, 5) is 52.3. The Morgan fingerprint density at radius 1 is 0.794 bits per heavy atom. The summed E-state index contributed by atoms with van der Waals surface area (Å²) in [6, 6.07) is 16.3. The van der Waals surface area contributed by atoms with Gasteiger partial charge in [-0.15, -0.1) is 0 Å². The van der Waals surface area contributed by atoms with E-state index in [1.807, 2.05) is 0 Å². The van der Waals surface area contributed by atoms with Crippen LogP contribution in [0.5, 0.6) is 11.5 Å². The predicted octanol–water partition coefficient (Wildman–Crippen LogP) is 3.76. The van der Waals surface area contributed by atoms with Crippen LogP contribution >= 0.6 is 0 Å². The molecule has 0 radical (unpaired) electrons. The molecule has 0 saturated heterocycles. The SMILES string of the molecule is CC(=O)OOc1ccccc1C(N)=O.CC(=O)Oc1ccc(-c2ccc(F)cc2)cc1C(=O)O. The van der Waals surface area contributed by atoms with Crippen LogP contribution in [0.15, 0.2) is 66.7 Å². The van der Waals surface area contributed by atoms with E-state index < -0.39 is 23.8 Å². The minimum absolute atomic E-state index is 0.0177. The van der Waals surface area contributed by atoms with Crippen molar-refractivity contribution in [2.45, 2.75) is 13.8 Å². The van der Waals surface area contributed by atoms with Crippen molar-refractivity contribution in [2.75, 3.05) is 0 Å². The maximum absolute atomic E-state index is 12.9. The van der Waals surface area contributed by atoms with E-state index in [4.69, 9.17) is 15.6 Å².